The Balaban J connectivity index is 1.59. The smallest absolute Gasteiger partial charge is 0.247 e. The van der Waals surface area contributed by atoms with Crippen molar-refractivity contribution in [3.05, 3.63) is 91.5 Å². The van der Waals surface area contributed by atoms with E-state index in [2.05, 4.69) is 20.1 Å². The van der Waals surface area contributed by atoms with Gasteiger partial charge in [-0.25, -0.2) is 0 Å². The summed E-state index contributed by atoms with van der Waals surface area (Å²) in [6.07, 6.45) is 7.05. The van der Waals surface area contributed by atoms with Gasteiger partial charge >= 0.3 is 0 Å². The minimum atomic E-state index is -0.780. The molecule has 234 valence electrons. The topological polar surface area (TPSA) is 81.2 Å². The third-order valence-electron chi connectivity index (χ3n) is 9.67. The molecular formula is C36H45N3O4S. The Morgan fingerprint density at radius 1 is 1.07 bits per heavy atom. The first kappa shape index (κ1) is 32.0. The van der Waals surface area contributed by atoms with Crippen LogP contribution in [0.2, 0.25) is 0 Å². The van der Waals surface area contributed by atoms with E-state index in [4.69, 9.17) is 0 Å². The predicted octanol–water partition coefficient (Wildman–Crippen LogP) is 5.10. The molecule has 2 bridgehead atoms. The summed E-state index contributed by atoms with van der Waals surface area (Å²) < 4.78 is -0.745. The number of nitrogens with zero attached hydrogens (tertiary/aromatic N) is 3. The van der Waals surface area contributed by atoms with E-state index < -0.39 is 28.7 Å². The summed E-state index contributed by atoms with van der Waals surface area (Å²) in [5.74, 6) is -1.63. The van der Waals surface area contributed by atoms with Gasteiger partial charge in [0.2, 0.25) is 17.7 Å². The first-order valence-corrected chi connectivity index (χ1v) is 16.7. The molecule has 3 saturated heterocycles. The average Bonchev–Trinajstić information content (AvgIpc) is 3.69. The molecule has 7 nitrogen and oxygen atoms in total. The van der Waals surface area contributed by atoms with Crippen molar-refractivity contribution in [2.24, 2.45) is 11.8 Å². The van der Waals surface area contributed by atoms with Gasteiger partial charge in [0.15, 0.2) is 0 Å². The number of aliphatic hydroxyl groups is 1. The molecule has 7 atom stereocenters. The number of carbonyl (C=O) groups excluding carboxylic acids is 3. The van der Waals surface area contributed by atoms with E-state index in [-0.39, 0.29) is 35.6 Å². The van der Waals surface area contributed by atoms with Gasteiger partial charge in [-0.15, -0.1) is 24.9 Å². The molecule has 3 amide bonds. The van der Waals surface area contributed by atoms with E-state index in [0.717, 1.165) is 30.5 Å². The molecule has 44 heavy (non-hydrogen) atoms. The number of para-hydroxylation sites is 1. The predicted molar refractivity (Wildman–Crippen MR) is 177 cm³/mol. The Morgan fingerprint density at radius 2 is 1.73 bits per heavy atom. The van der Waals surface area contributed by atoms with Crippen LogP contribution < -0.4 is 4.90 Å². The zero-order chi connectivity index (χ0) is 31.4. The highest BCUT2D eigenvalue weighted by molar-refractivity contribution is 8.02. The fourth-order valence-corrected chi connectivity index (χ4v) is 9.97. The van der Waals surface area contributed by atoms with Gasteiger partial charge in [0.1, 0.15) is 6.04 Å². The normalized spacial score (nSPS) is 26.6. The van der Waals surface area contributed by atoms with Gasteiger partial charge in [-0.2, -0.15) is 0 Å². The van der Waals surface area contributed by atoms with Crippen LogP contribution in [0.3, 0.4) is 0 Å². The van der Waals surface area contributed by atoms with Gasteiger partial charge in [0.05, 0.1) is 29.2 Å². The molecule has 3 aliphatic rings. The molecule has 5 rings (SSSR count). The quantitative estimate of drug-likeness (QED) is 0.299. The number of hydrogen-bond donors (Lipinski definition) is 1. The molecule has 1 spiro atoms. The third kappa shape index (κ3) is 5.63. The zero-order valence-corrected chi connectivity index (χ0v) is 26.7. The maximum absolute atomic E-state index is 14.8. The van der Waals surface area contributed by atoms with Crippen molar-refractivity contribution < 1.29 is 19.5 Å². The first-order valence-electron chi connectivity index (χ1n) is 15.9. The van der Waals surface area contributed by atoms with Gasteiger partial charge in [0.25, 0.3) is 0 Å². The number of benzene rings is 2. The van der Waals surface area contributed by atoms with Crippen molar-refractivity contribution in [2.75, 3.05) is 24.6 Å². The molecule has 0 radical (unpaired) electrons. The van der Waals surface area contributed by atoms with E-state index in [9.17, 15) is 19.5 Å². The molecule has 3 heterocycles. The monoisotopic (exact) mass is 615 g/mol. The Kier molecular flexibility index (Phi) is 10.0. The molecule has 2 aromatic rings. The lowest BCUT2D eigenvalue weighted by Gasteiger charge is -2.41. The van der Waals surface area contributed by atoms with Crippen molar-refractivity contribution in [3.63, 3.8) is 0 Å². The number of amides is 3. The van der Waals surface area contributed by atoms with Crippen LogP contribution in [0.15, 0.2) is 86.0 Å². The molecular weight excluding hydrogens is 570 g/mol. The number of rotatable bonds is 14. The van der Waals surface area contributed by atoms with Crippen LogP contribution in [-0.2, 0) is 20.8 Å². The summed E-state index contributed by atoms with van der Waals surface area (Å²) in [6, 6.07) is 17.9. The second-order valence-electron chi connectivity index (χ2n) is 12.3. The van der Waals surface area contributed by atoms with Crippen LogP contribution >= 0.6 is 11.8 Å². The first-order chi connectivity index (χ1) is 21.3. The number of fused-ring (bicyclic) bond motifs is 1. The molecule has 0 aliphatic carbocycles. The van der Waals surface area contributed by atoms with Gasteiger partial charge in [-0.1, -0.05) is 74.0 Å². The van der Waals surface area contributed by atoms with E-state index in [1.165, 1.54) is 0 Å². The lowest BCUT2D eigenvalue weighted by Crippen LogP contribution is -2.59. The van der Waals surface area contributed by atoms with E-state index in [1.54, 1.807) is 33.7 Å². The lowest BCUT2D eigenvalue weighted by molar-refractivity contribution is -0.146. The highest BCUT2D eigenvalue weighted by atomic mass is 32.2. The zero-order valence-electron chi connectivity index (χ0n) is 25.9. The van der Waals surface area contributed by atoms with Crippen molar-refractivity contribution in [2.45, 2.75) is 74.1 Å². The number of likely N-dealkylation sites (tertiary alicyclic amines) is 1. The Bertz CT molecular complexity index is 1350. The standard InChI is InChI=1S/C36H45N3O4S/c1-5-14-25(4)37(21-6-2)35(43)32-36-20-19-29(44-36)30(33(41)38(22-7-3)27-17-12-9-13-18-27)31(36)34(42)39(32)28(24-40)23-26-15-10-8-11-16-26/h6-13,15-18,25,28-32,40H,2-3,5,14,19-24H2,1,4H3/t25?,28-,29+,30-,31+,32?,36?/m1/s1. The van der Waals surface area contributed by atoms with Crippen LogP contribution in [0.5, 0.6) is 0 Å². The molecule has 3 unspecified atom stereocenters. The van der Waals surface area contributed by atoms with Crippen LogP contribution in [0, 0.1) is 11.8 Å². The summed E-state index contributed by atoms with van der Waals surface area (Å²) in [5, 5.41) is 10.7. The molecule has 3 fully saturated rings. The maximum Gasteiger partial charge on any atom is 0.247 e. The fourth-order valence-electron chi connectivity index (χ4n) is 7.78. The fraction of sp³-hybridized carbons (Fsp3) is 0.472. The van der Waals surface area contributed by atoms with Gasteiger partial charge in [-0.3, -0.25) is 14.4 Å². The van der Waals surface area contributed by atoms with Crippen molar-refractivity contribution in [1.29, 1.82) is 0 Å². The van der Waals surface area contributed by atoms with Gasteiger partial charge < -0.3 is 19.8 Å². The highest BCUT2D eigenvalue weighted by Crippen LogP contribution is 2.67. The number of aliphatic hydroxyl groups excluding tert-OH is 1. The minimum absolute atomic E-state index is 0.0400. The van der Waals surface area contributed by atoms with Crippen LogP contribution in [0.4, 0.5) is 5.69 Å². The number of hydrogen-bond acceptors (Lipinski definition) is 5. The van der Waals surface area contributed by atoms with Gasteiger partial charge in [0, 0.05) is 30.1 Å². The number of thioether (sulfide) groups is 1. The van der Waals surface area contributed by atoms with Crippen molar-refractivity contribution in [1.82, 2.24) is 9.80 Å². The summed E-state index contributed by atoms with van der Waals surface area (Å²) >= 11 is 1.66. The summed E-state index contributed by atoms with van der Waals surface area (Å²) in [7, 11) is 0. The Labute approximate surface area is 266 Å². The Morgan fingerprint density at radius 3 is 2.34 bits per heavy atom. The number of anilines is 1. The highest BCUT2D eigenvalue weighted by Gasteiger charge is 2.74. The second kappa shape index (κ2) is 13.7. The SMILES string of the molecule is C=CCN(C(=O)[C@@H]1[C@@H]2CCC3(S2)C(C(=O)N(CC=C)C(C)CCC)N([C@@H](CO)Cc2ccccc2)C(=O)[C@H]13)c1ccccc1. The second-order valence-corrected chi connectivity index (χ2v) is 13.9. The summed E-state index contributed by atoms with van der Waals surface area (Å²) in [4.78, 5) is 49.4. The molecule has 8 heteroatoms. The van der Waals surface area contributed by atoms with Crippen molar-refractivity contribution in [3.8, 4) is 0 Å². The van der Waals surface area contributed by atoms with Crippen LogP contribution in [-0.4, -0.2) is 80.4 Å². The molecule has 3 aliphatic heterocycles. The maximum atomic E-state index is 14.8. The molecule has 1 N–H and O–H groups in total. The van der Waals surface area contributed by atoms with E-state index in [0.29, 0.717) is 25.9 Å². The lowest BCUT2D eigenvalue weighted by atomic mass is 9.70. The average molecular weight is 616 g/mol. The van der Waals surface area contributed by atoms with Gasteiger partial charge in [-0.05, 0) is 50.3 Å². The van der Waals surface area contributed by atoms with Crippen LogP contribution in [0.25, 0.3) is 0 Å². The van der Waals surface area contributed by atoms with Crippen molar-refractivity contribution >= 4 is 35.2 Å². The molecule has 0 aromatic heterocycles. The summed E-state index contributed by atoms with van der Waals surface area (Å²) in [6.45, 7) is 12.4. The molecule has 0 saturated carbocycles. The summed E-state index contributed by atoms with van der Waals surface area (Å²) in [5.41, 5.74) is 1.74. The largest absolute Gasteiger partial charge is 0.394 e. The Hall–Kier alpha value is -3.36. The minimum Gasteiger partial charge on any atom is -0.394 e. The number of carbonyl (C=O) groups is 3. The van der Waals surface area contributed by atoms with Crippen LogP contribution in [0.1, 0.15) is 45.1 Å². The third-order valence-corrected chi connectivity index (χ3v) is 11.6. The van der Waals surface area contributed by atoms with E-state index >= 15 is 0 Å². The van der Waals surface area contributed by atoms with E-state index in [1.807, 2.05) is 72.5 Å². The molecule has 2 aromatic carbocycles.